The minimum Gasteiger partial charge on any atom is -0.481 e. The van der Waals surface area contributed by atoms with Crippen LogP contribution in [0.3, 0.4) is 0 Å². The number of aliphatic hydroxyl groups is 1. The lowest BCUT2D eigenvalue weighted by Gasteiger charge is -2.31. The Morgan fingerprint density at radius 1 is 0.580 bits per heavy atom. The number of amides is 9. The summed E-state index contributed by atoms with van der Waals surface area (Å²) in [4.78, 5) is 166. The van der Waals surface area contributed by atoms with Gasteiger partial charge in [0.05, 0.1) is 19.1 Å². The zero-order valence-electron chi connectivity index (χ0n) is 37.7. The van der Waals surface area contributed by atoms with Crippen LogP contribution in [0, 0.1) is 5.92 Å². The van der Waals surface area contributed by atoms with Crippen molar-refractivity contribution in [2.24, 2.45) is 17.4 Å². The summed E-state index contributed by atoms with van der Waals surface area (Å²) in [6.45, 7) is 2.10. The van der Waals surface area contributed by atoms with Crippen LogP contribution in [0.15, 0.2) is 0 Å². The molecule has 1 fully saturated rings. The summed E-state index contributed by atoms with van der Waals surface area (Å²) in [6, 6.07) is -14.3. The first kappa shape index (κ1) is 60.7. The Morgan fingerprint density at radius 3 is 1.51 bits per heavy atom. The first-order chi connectivity index (χ1) is 32.3. The monoisotopic (exact) mass is 1020 g/mol. The lowest BCUT2D eigenvalue weighted by atomic mass is 10.0. The maximum absolute atomic E-state index is 14.1. The number of carbonyl (C=O) groups is 13. The lowest BCUT2D eigenvalue weighted by molar-refractivity contribution is -0.144. The van der Waals surface area contributed by atoms with E-state index in [1.807, 2.05) is 10.6 Å². The van der Waals surface area contributed by atoms with E-state index in [2.05, 4.69) is 51.8 Å². The Kier molecular flexibility index (Phi) is 26.6. The molecule has 0 unspecified atom stereocenters. The Balaban J connectivity index is 3.42. The highest BCUT2D eigenvalue weighted by atomic mass is 32.1. The van der Waals surface area contributed by atoms with Crippen molar-refractivity contribution in [1.29, 1.82) is 0 Å². The normalized spacial score (nSPS) is 16.7. The molecule has 1 saturated heterocycles. The van der Waals surface area contributed by atoms with Crippen LogP contribution < -0.4 is 48.7 Å². The smallest absolute Gasteiger partial charge is 0.327 e. The number of rotatable bonds is 32. The molecule has 0 radical (unpaired) electrons. The van der Waals surface area contributed by atoms with Crippen molar-refractivity contribution in [2.75, 3.05) is 24.7 Å². The van der Waals surface area contributed by atoms with E-state index < -0.39 is 177 Å². The SMILES string of the molecule is CC(C)C[C@H](NC(=O)[C@@H]1CCCN1C(=O)[C@H](CCC(=O)O)NC(=O)[C@H](CCC(N)=O)NC(=O)[C@@H](N)CS)C(=O)N[C@@H](CC(=O)O)C(=O)N[C@@H](CCC(=O)O)C(=O)N[C@@H](CO)C(=O)N[C@@H](CS)C(=O)O. The first-order valence-corrected chi connectivity index (χ1v) is 22.7. The number of likely N-dealkylation sites (tertiary alicyclic amines) is 1. The molecule has 0 spiro atoms. The fourth-order valence-electron chi connectivity index (χ4n) is 6.58. The quantitative estimate of drug-likeness (QED) is 0.0279. The fraction of sp³-hybridized carbons (Fsp3) is 0.667. The third-order valence-corrected chi connectivity index (χ3v) is 10.9. The number of thiol groups is 2. The van der Waals surface area contributed by atoms with E-state index in [-0.39, 0.29) is 49.7 Å². The van der Waals surface area contributed by atoms with Gasteiger partial charge >= 0.3 is 23.9 Å². The van der Waals surface area contributed by atoms with E-state index in [0.29, 0.717) is 0 Å². The molecule has 0 aromatic carbocycles. The van der Waals surface area contributed by atoms with Crippen molar-refractivity contribution in [3.05, 3.63) is 0 Å². The second-order valence-corrected chi connectivity index (χ2v) is 16.9. The number of carboxylic acid groups (broad SMARTS) is 4. The Labute approximate surface area is 405 Å². The minimum atomic E-state index is -2.00. The number of primary amides is 1. The summed E-state index contributed by atoms with van der Waals surface area (Å²) in [5, 5.41) is 63.0. The maximum atomic E-state index is 14.1. The van der Waals surface area contributed by atoms with Gasteiger partial charge in [-0.05, 0) is 44.4 Å². The Morgan fingerprint density at radius 2 is 1.03 bits per heavy atom. The van der Waals surface area contributed by atoms with Gasteiger partial charge in [0.25, 0.3) is 0 Å². The van der Waals surface area contributed by atoms with E-state index in [0.717, 1.165) is 4.90 Å². The number of aliphatic hydroxyl groups excluding tert-OH is 1. The van der Waals surface area contributed by atoms with Crippen molar-refractivity contribution in [3.63, 3.8) is 0 Å². The van der Waals surface area contributed by atoms with E-state index in [4.69, 9.17) is 11.5 Å². The van der Waals surface area contributed by atoms with Crippen molar-refractivity contribution in [2.45, 2.75) is 132 Å². The molecule has 28 nitrogen and oxygen atoms in total. The number of nitrogens with one attached hydrogen (secondary N) is 7. The highest BCUT2D eigenvalue weighted by Gasteiger charge is 2.41. The molecule has 388 valence electrons. The third kappa shape index (κ3) is 21.7. The number of carbonyl (C=O) groups excluding carboxylic acids is 9. The summed E-state index contributed by atoms with van der Waals surface area (Å²) in [7, 11) is 0. The van der Waals surface area contributed by atoms with Crippen molar-refractivity contribution in [3.8, 4) is 0 Å². The molecule has 30 heteroatoms. The lowest BCUT2D eigenvalue weighted by Crippen LogP contribution is -2.60. The number of nitrogens with zero attached hydrogens (tertiary/aromatic N) is 1. The topological polar surface area (TPSA) is 463 Å². The summed E-state index contributed by atoms with van der Waals surface area (Å²) in [6.07, 6.45) is -4.38. The maximum Gasteiger partial charge on any atom is 0.327 e. The van der Waals surface area contributed by atoms with Gasteiger partial charge in [0, 0.05) is 37.3 Å². The molecule has 69 heavy (non-hydrogen) atoms. The molecule has 1 aliphatic heterocycles. The molecule has 0 saturated carbocycles. The number of aliphatic carboxylic acids is 4. The van der Waals surface area contributed by atoms with E-state index in [1.54, 1.807) is 13.8 Å². The molecule has 1 rings (SSSR count). The molecule has 0 aromatic rings. The van der Waals surface area contributed by atoms with E-state index in [1.165, 1.54) is 0 Å². The molecule has 0 bridgehead atoms. The summed E-state index contributed by atoms with van der Waals surface area (Å²) in [5.74, 6) is -16.3. The van der Waals surface area contributed by atoms with Crippen LogP contribution in [0.2, 0.25) is 0 Å². The van der Waals surface area contributed by atoms with Gasteiger partial charge in [-0.25, -0.2) is 4.79 Å². The summed E-state index contributed by atoms with van der Waals surface area (Å²) in [5.41, 5.74) is 10.9. The molecular formula is C39H62N10O18S2. The third-order valence-electron chi connectivity index (χ3n) is 10.2. The van der Waals surface area contributed by atoms with Crippen molar-refractivity contribution >= 4 is 102 Å². The number of hydrogen-bond acceptors (Lipinski definition) is 17. The molecule has 1 aliphatic rings. The largest absolute Gasteiger partial charge is 0.481 e. The summed E-state index contributed by atoms with van der Waals surface area (Å²) >= 11 is 7.75. The fourth-order valence-corrected chi connectivity index (χ4v) is 6.99. The van der Waals surface area contributed by atoms with Crippen LogP contribution in [0.5, 0.6) is 0 Å². The van der Waals surface area contributed by atoms with Gasteiger partial charge in [-0.15, -0.1) is 0 Å². The average molecular weight is 1020 g/mol. The Bertz CT molecular complexity index is 1910. The number of carboxylic acids is 4. The van der Waals surface area contributed by atoms with Gasteiger partial charge in [-0.3, -0.25) is 57.5 Å². The van der Waals surface area contributed by atoms with Crippen LogP contribution in [-0.4, -0.2) is 187 Å². The highest BCUT2D eigenvalue weighted by Crippen LogP contribution is 2.21. The predicted octanol–water partition coefficient (Wildman–Crippen LogP) is -5.85. The van der Waals surface area contributed by atoms with Crippen LogP contribution in [0.1, 0.15) is 78.1 Å². The van der Waals surface area contributed by atoms with Crippen molar-refractivity contribution in [1.82, 2.24) is 42.1 Å². The molecule has 1 heterocycles. The minimum absolute atomic E-state index is 0.00404. The van der Waals surface area contributed by atoms with E-state index in [9.17, 15) is 87.9 Å². The van der Waals surface area contributed by atoms with Gasteiger partial charge < -0.3 is 79.1 Å². The van der Waals surface area contributed by atoms with Gasteiger partial charge in [0.2, 0.25) is 53.2 Å². The van der Waals surface area contributed by atoms with Crippen LogP contribution >= 0.6 is 25.3 Å². The second-order valence-electron chi connectivity index (χ2n) is 16.2. The highest BCUT2D eigenvalue weighted by molar-refractivity contribution is 7.80. The van der Waals surface area contributed by atoms with Crippen LogP contribution in [0.25, 0.3) is 0 Å². The van der Waals surface area contributed by atoms with Gasteiger partial charge in [0.1, 0.15) is 48.3 Å². The summed E-state index contributed by atoms with van der Waals surface area (Å²) < 4.78 is 0. The molecule has 0 aliphatic carbocycles. The van der Waals surface area contributed by atoms with Crippen LogP contribution in [0.4, 0.5) is 0 Å². The molecule has 9 amide bonds. The molecule has 16 N–H and O–H groups in total. The first-order valence-electron chi connectivity index (χ1n) is 21.4. The van der Waals surface area contributed by atoms with Gasteiger partial charge in [0.15, 0.2) is 0 Å². The van der Waals surface area contributed by atoms with Gasteiger partial charge in [-0.1, -0.05) is 13.8 Å². The zero-order chi connectivity index (χ0) is 52.7. The van der Waals surface area contributed by atoms with Crippen molar-refractivity contribution < 1.29 is 87.9 Å². The molecule has 0 aromatic heterocycles. The number of hydrogen-bond donors (Lipinski definition) is 16. The van der Waals surface area contributed by atoms with E-state index >= 15 is 0 Å². The van der Waals surface area contributed by atoms with Gasteiger partial charge in [-0.2, -0.15) is 25.3 Å². The number of nitrogens with two attached hydrogens (primary N) is 2. The predicted molar refractivity (Wildman–Crippen MR) is 243 cm³/mol. The average Bonchev–Trinajstić information content (AvgIpc) is 3.77. The Hall–Kier alpha value is -6.27. The second kappa shape index (κ2) is 30.3. The zero-order valence-corrected chi connectivity index (χ0v) is 39.5. The molecular weight excluding hydrogens is 961 g/mol. The molecule has 9 atom stereocenters. The standard InChI is InChI=1S/C39H62N10O18S2/c1-17(2)12-22(34(61)45-23(13-30(56)57)35(62)43-20(6-9-28(52)53)33(60)47-24(14-50)36(63)48-25(16-69)39(66)67)46-37(64)26-4-3-11-49(26)38(65)21(7-10-29(54)55)44-32(59)19(5-8-27(41)51)42-31(58)18(40)15-68/h17-26,50,68-69H,3-16,40H2,1-2H3,(H2,41,51)(H,42,58)(H,43,62)(H,44,59)(H,45,61)(H,46,64)(H,47,60)(H,48,63)(H,52,53)(H,54,55)(H,56,57)(H,66,67)/t18-,19-,20-,21-,22-,23-,24-,25-,26-/m0/s1. The van der Waals surface area contributed by atoms with Crippen LogP contribution in [-0.2, 0) is 62.3 Å².